The fourth-order valence-electron chi connectivity index (χ4n) is 16.0. The van der Waals surface area contributed by atoms with Crippen LogP contribution < -0.4 is 56.1 Å². The van der Waals surface area contributed by atoms with E-state index in [4.69, 9.17) is 18.3 Å². The van der Waals surface area contributed by atoms with Crippen molar-refractivity contribution in [2.75, 3.05) is 0 Å². The third-order valence-electron chi connectivity index (χ3n) is 21.6. The first-order valence-corrected chi connectivity index (χ1v) is 42.5. The Hall–Kier alpha value is -8.32. The van der Waals surface area contributed by atoms with Crippen LogP contribution in [0.5, 0.6) is 11.5 Å². The van der Waals surface area contributed by atoms with Crippen LogP contribution in [-0.4, -0.2) is 71.3 Å². The van der Waals surface area contributed by atoms with Gasteiger partial charge in [0.25, 0.3) is 25.0 Å². The van der Waals surface area contributed by atoms with Gasteiger partial charge in [-0.3, -0.25) is 4.79 Å². The molecule has 0 radical (unpaired) electrons. The van der Waals surface area contributed by atoms with Gasteiger partial charge in [0, 0.05) is 17.4 Å². The normalized spacial score (nSPS) is 17.5. The summed E-state index contributed by atoms with van der Waals surface area (Å²) in [5.41, 5.74) is 2.04. The molecule has 1 aliphatic rings. The smallest absolute Gasteiger partial charge is 0.319 e. The number of hydrogen-bond acceptors (Lipinski definition) is 9. The molecule has 5 unspecified atom stereocenters. The monoisotopic (exact) mass is 1380 g/mol. The molecule has 2 heterocycles. The Morgan fingerprint density at radius 1 is 0.434 bits per heavy atom. The first-order chi connectivity index (χ1) is 47.2. The highest BCUT2D eigenvalue weighted by molar-refractivity contribution is 7.01. The third kappa shape index (κ3) is 13.1. The zero-order valence-electron chi connectivity index (χ0n) is 58.9. The molecule has 0 bridgehead atoms. The highest BCUT2D eigenvalue weighted by atomic mass is 28.4. The van der Waals surface area contributed by atoms with Crippen LogP contribution in [-0.2, 0) is 17.6 Å². The van der Waals surface area contributed by atoms with Gasteiger partial charge >= 0.3 is 8.32 Å². The van der Waals surface area contributed by atoms with E-state index in [9.17, 15) is 19.5 Å². The van der Waals surface area contributed by atoms with E-state index >= 15 is 4.79 Å². The number of rotatable bonds is 22. The standard InChI is InChI=1S/C86H94O9Si4/c1-61-62(2)92-82(74(78(61)87)60-86(10,11)98(91,70-44-28-16-29-45-70)71-46-30-17-31-47-71)94-81-79(88)77-75(93-80(81)65-54-52-63(53-55-65)58-84(6,7)96(89,66-36-20-12-21-37-66)67-38-22-13-23-39-67)56-64(59-85(8,9)97(90,68-40-24-14-25-41-68)69-42-26-15-27-43-69)57-76(77)95-99(83(3,4)5,72-48-32-18-33-49-72)73-50-34-19-35-51-73/h12-57,61-62,74,78,82,87,89-91H,58-60H2,1-11H3. The van der Waals surface area contributed by atoms with Crippen LogP contribution in [0, 0.1) is 11.8 Å². The quantitative estimate of drug-likeness (QED) is 0.0489. The summed E-state index contributed by atoms with van der Waals surface area (Å²) in [5.74, 6) is -0.814. The summed E-state index contributed by atoms with van der Waals surface area (Å²) < 4.78 is 30.1. The Bertz CT molecular complexity index is 4420. The summed E-state index contributed by atoms with van der Waals surface area (Å²) in [7, 11) is -14.4. The molecular weight excluding hydrogens is 1290 g/mol. The molecule has 1 aromatic heterocycles. The van der Waals surface area contributed by atoms with Crippen molar-refractivity contribution in [3.63, 3.8) is 0 Å². The maximum atomic E-state index is 17.1. The molecule has 5 atom stereocenters. The van der Waals surface area contributed by atoms with Gasteiger partial charge < -0.3 is 37.8 Å². The average molecular weight is 1380 g/mol. The van der Waals surface area contributed by atoms with Crippen LogP contribution in [0.4, 0.5) is 0 Å². The average Bonchev–Trinajstić information content (AvgIpc) is 0.734. The Morgan fingerprint density at radius 2 is 0.778 bits per heavy atom. The van der Waals surface area contributed by atoms with Gasteiger partial charge in [-0.15, -0.1) is 0 Å². The number of benzene rings is 10. The fourth-order valence-corrected chi connectivity index (χ4v) is 31.6. The van der Waals surface area contributed by atoms with Crippen LogP contribution >= 0.6 is 0 Å². The molecule has 1 fully saturated rings. The second-order valence-electron chi connectivity index (χ2n) is 30.4. The lowest BCUT2D eigenvalue weighted by molar-refractivity contribution is -0.232. The van der Waals surface area contributed by atoms with E-state index in [-0.39, 0.29) is 34.8 Å². The number of aliphatic hydroxyl groups is 1. The van der Waals surface area contributed by atoms with Gasteiger partial charge in [-0.1, -0.05) is 336 Å². The summed E-state index contributed by atoms with van der Waals surface area (Å²) in [6.07, 6.45) is -1.65. The zero-order valence-corrected chi connectivity index (χ0v) is 62.9. The summed E-state index contributed by atoms with van der Waals surface area (Å²) in [6, 6.07) is 92.4. The first kappa shape index (κ1) is 70.5. The Balaban J connectivity index is 1.09. The van der Waals surface area contributed by atoms with Crippen LogP contribution in [0.3, 0.4) is 0 Å². The van der Waals surface area contributed by atoms with Gasteiger partial charge in [0.15, 0.2) is 5.76 Å². The van der Waals surface area contributed by atoms with Gasteiger partial charge in [0.1, 0.15) is 16.7 Å². The van der Waals surface area contributed by atoms with Crippen molar-refractivity contribution < 1.29 is 37.8 Å². The van der Waals surface area contributed by atoms with Crippen molar-refractivity contribution in [3.8, 4) is 22.8 Å². The van der Waals surface area contributed by atoms with Crippen molar-refractivity contribution in [1.29, 1.82) is 0 Å². The topological polar surface area (TPSA) is 139 Å². The van der Waals surface area contributed by atoms with Gasteiger partial charge in [-0.25, -0.2) is 0 Å². The number of fused-ring (bicyclic) bond motifs is 1. The van der Waals surface area contributed by atoms with Gasteiger partial charge in [0.05, 0.1) is 12.2 Å². The van der Waals surface area contributed by atoms with Gasteiger partial charge in [-0.05, 0) is 111 Å². The molecule has 9 nitrogen and oxygen atoms in total. The second kappa shape index (κ2) is 28.0. The lowest BCUT2D eigenvalue weighted by Crippen LogP contribution is -2.68. The van der Waals surface area contributed by atoms with E-state index in [1.807, 2.05) is 269 Å². The van der Waals surface area contributed by atoms with E-state index in [1.54, 1.807) is 0 Å². The number of aliphatic hydroxyl groups excluding tert-OH is 1. The molecule has 1 saturated heterocycles. The van der Waals surface area contributed by atoms with E-state index in [2.05, 4.69) is 86.6 Å². The molecule has 12 rings (SSSR count). The molecule has 1 aliphatic heterocycles. The molecule has 0 spiro atoms. The molecule has 13 heteroatoms. The summed E-state index contributed by atoms with van der Waals surface area (Å²) in [4.78, 5) is 57.9. The lowest BCUT2D eigenvalue weighted by Gasteiger charge is -2.48. The Morgan fingerprint density at radius 3 is 1.14 bits per heavy atom. The molecule has 4 N–H and O–H groups in total. The van der Waals surface area contributed by atoms with E-state index < -0.39 is 83.3 Å². The summed E-state index contributed by atoms with van der Waals surface area (Å²) >= 11 is 0. The maximum absolute atomic E-state index is 17.1. The van der Waals surface area contributed by atoms with E-state index in [0.717, 1.165) is 52.6 Å². The SMILES string of the molecule is CC1OC(Oc2c(-c3ccc(CC(C)(C)[Si](O)(c4ccccc4)c4ccccc4)cc3)oc3cc(CC(C)(C)[Si](O)(c4ccccc4)c4ccccc4)cc(O[Si](c4ccccc4)(c4ccccc4)C(C)(C)C)c3c2=O)C(CC(C)(C)[Si](O)(c2ccccc2)c2ccccc2)C(O)C1C. The minimum absolute atomic E-state index is 0.124. The number of ether oxygens (including phenoxy) is 2. The molecule has 99 heavy (non-hydrogen) atoms. The van der Waals surface area contributed by atoms with Crippen LogP contribution in [0.2, 0.25) is 20.2 Å². The molecule has 0 saturated carbocycles. The first-order valence-electron chi connectivity index (χ1n) is 34.8. The predicted molar refractivity (Wildman–Crippen MR) is 414 cm³/mol. The van der Waals surface area contributed by atoms with Crippen molar-refractivity contribution in [2.24, 2.45) is 11.8 Å². The highest BCUT2D eigenvalue weighted by Gasteiger charge is 2.57. The van der Waals surface area contributed by atoms with Crippen LogP contribution in [0.15, 0.2) is 288 Å². The number of hydrogen-bond donors (Lipinski definition) is 4. The molecule has 508 valence electrons. The van der Waals surface area contributed by atoms with Gasteiger partial charge in [0.2, 0.25) is 17.5 Å². The summed E-state index contributed by atoms with van der Waals surface area (Å²) in [6.45, 7) is 23.2. The maximum Gasteiger partial charge on any atom is 0.319 e. The molecule has 10 aromatic carbocycles. The lowest BCUT2D eigenvalue weighted by atomic mass is 9.80. The van der Waals surface area contributed by atoms with Crippen LogP contribution in [0.25, 0.3) is 22.3 Å². The van der Waals surface area contributed by atoms with E-state index in [0.29, 0.717) is 24.2 Å². The fraction of sp³-hybridized carbons (Fsp3) is 0.267. The Kier molecular flexibility index (Phi) is 20.0. The molecule has 0 aliphatic carbocycles. The zero-order chi connectivity index (χ0) is 70.2. The van der Waals surface area contributed by atoms with Gasteiger partial charge in [-0.2, -0.15) is 0 Å². The van der Waals surface area contributed by atoms with E-state index in [1.165, 1.54) is 0 Å². The van der Waals surface area contributed by atoms with Crippen molar-refractivity contribution in [3.05, 3.63) is 300 Å². The third-order valence-corrected chi connectivity index (χ3v) is 40.0. The largest absolute Gasteiger partial charge is 0.533 e. The molecule has 11 aromatic rings. The molecular formula is C86H94O9Si4. The predicted octanol–water partition coefficient (Wildman–Crippen LogP) is 13.2. The minimum Gasteiger partial charge on any atom is -0.533 e. The second-order valence-corrected chi connectivity index (χ2v) is 46.4. The Labute approximate surface area is 589 Å². The van der Waals surface area contributed by atoms with Crippen molar-refractivity contribution >= 4 is 85.7 Å². The van der Waals surface area contributed by atoms with Crippen molar-refractivity contribution in [1.82, 2.24) is 0 Å². The molecule has 0 amide bonds. The summed E-state index contributed by atoms with van der Waals surface area (Å²) in [5, 5.41) is 17.4. The highest BCUT2D eigenvalue weighted by Crippen LogP contribution is 2.49. The minimum atomic E-state index is -3.70. The van der Waals surface area contributed by atoms with Crippen molar-refractivity contribution in [2.45, 2.75) is 134 Å². The van der Waals surface area contributed by atoms with Crippen LogP contribution in [0.1, 0.15) is 93.7 Å².